The van der Waals surface area contributed by atoms with Gasteiger partial charge in [-0.1, -0.05) is 19.4 Å². The van der Waals surface area contributed by atoms with Crippen LogP contribution in [-0.2, 0) is 6.54 Å². The monoisotopic (exact) mass is 418 g/mol. The van der Waals surface area contributed by atoms with E-state index in [-0.39, 0.29) is 24.0 Å². The minimum atomic E-state index is 0. The molecule has 0 aromatic carbocycles. The minimum absolute atomic E-state index is 0. The van der Waals surface area contributed by atoms with E-state index in [1.54, 1.807) is 14.2 Å². The molecule has 1 saturated carbocycles. The lowest BCUT2D eigenvalue weighted by molar-refractivity contribution is 0.131. The highest BCUT2D eigenvalue weighted by atomic mass is 127. The van der Waals surface area contributed by atoms with E-state index in [1.165, 1.54) is 25.7 Å². The average molecular weight is 418 g/mol. The van der Waals surface area contributed by atoms with Crippen molar-refractivity contribution in [2.45, 2.75) is 39.2 Å². The van der Waals surface area contributed by atoms with Crippen molar-refractivity contribution in [2.24, 2.45) is 10.4 Å². The summed E-state index contributed by atoms with van der Waals surface area (Å²) in [5, 5.41) is 6.78. The van der Waals surface area contributed by atoms with Crippen LogP contribution in [0.1, 0.15) is 38.2 Å². The molecule has 0 bridgehead atoms. The van der Waals surface area contributed by atoms with Gasteiger partial charge in [0, 0.05) is 32.4 Å². The number of hydrogen-bond acceptors (Lipinski definition) is 3. The Balaban J connectivity index is 0.00000242. The second-order valence-electron chi connectivity index (χ2n) is 5.70. The van der Waals surface area contributed by atoms with Gasteiger partial charge in [0.15, 0.2) is 5.96 Å². The Labute approximate surface area is 150 Å². The molecule has 0 aliphatic heterocycles. The molecule has 2 N–H and O–H groups in total. The molecular formula is C16H27IN4O. The van der Waals surface area contributed by atoms with E-state index in [0.29, 0.717) is 17.8 Å². The fraction of sp³-hybridized carbons (Fsp3) is 0.625. The molecule has 0 atom stereocenters. The van der Waals surface area contributed by atoms with E-state index >= 15 is 0 Å². The van der Waals surface area contributed by atoms with Gasteiger partial charge in [-0.05, 0) is 30.2 Å². The van der Waals surface area contributed by atoms with Gasteiger partial charge in [-0.3, -0.25) is 4.99 Å². The van der Waals surface area contributed by atoms with Gasteiger partial charge >= 0.3 is 0 Å². The SMILES string of the molecule is CCC1(CNC(=NC)NCc2ccc(OC)nc2)CCC1.I. The van der Waals surface area contributed by atoms with Crippen molar-refractivity contribution in [3.63, 3.8) is 0 Å². The predicted molar refractivity (Wildman–Crippen MR) is 101 cm³/mol. The number of hydrogen-bond donors (Lipinski definition) is 2. The molecule has 2 rings (SSSR count). The van der Waals surface area contributed by atoms with Crippen LogP contribution in [0.5, 0.6) is 5.88 Å². The largest absolute Gasteiger partial charge is 0.481 e. The third kappa shape index (κ3) is 5.00. The van der Waals surface area contributed by atoms with Crippen LogP contribution in [0, 0.1) is 5.41 Å². The molecule has 1 heterocycles. The van der Waals surface area contributed by atoms with Crippen LogP contribution in [0.15, 0.2) is 23.3 Å². The van der Waals surface area contributed by atoms with Gasteiger partial charge in [-0.2, -0.15) is 0 Å². The van der Waals surface area contributed by atoms with Crippen LogP contribution in [0.2, 0.25) is 0 Å². The zero-order valence-corrected chi connectivity index (χ0v) is 16.0. The maximum absolute atomic E-state index is 5.06. The van der Waals surface area contributed by atoms with Gasteiger partial charge in [0.05, 0.1) is 7.11 Å². The van der Waals surface area contributed by atoms with Crippen molar-refractivity contribution >= 4 is 29.9 Å². The first-order chi connectivity index (χ1) is 10.2. The number of nitrogens with one attached hydrogen (secondary N) is 2. The number of ether oxygens (including phenoxy) is 1. The first-order valence-corrected chi connectivity index (χ1v) is 7.65. The molecule has 0 radical (unpaired) electrons. The highest BCUT2D eigenvalue weighted by Crippen LogP contribution is 2.42. The third-order valence-corrected chi connectivity index (χ3v) is 4.49. The number of guanidine groups is 1. The smallest absolute Gasteiger partial charge is 0.212 e. The second-order valence-corrected chi connectivity index (χ2v) is 5.70. The Kier molecular flexibility index (Phi) is 7.92. The summed E-state index contributed by atoms with van der Waals surface area (Å²) in [6, 6.07) is 3.87. The molecular weight excluding hydrogens is 391 g/mol. The predicted octanol–water partition coefficient (Wildman–Crippen LogP) is 2.95. The molecule has 1 aromatic heterocycles. The molecule has 1 aliphatic carbocycles. The molecule has 124 valence electrons. The molecule has 6 heteroatoms. The van der Waals surface area contributed by atoms with Crippen molar-refractivity contribution in [2.75, 3.05) is 20.7 Å². The summed E-state index contributed by atoms with van der Waals surface area (Å²) in [4.78, 5) is 8.48. The summed E-state index contributed by atoms with van der Waals surface area (Å²) >= 11 is 0. The lowest BCUT2D eigenvalue weighted by Crippen LogP contribution is -2.46. The number of nitrogens with zero attached hydrogens (tertiary/aromatic N) is 2. The first-order valence-electron chi connectivity index (χ1n) is 7.65. The zero-order chi connectivity index (χ0) is 15.1. The van der Waals surface area contributed by atoms with E-state index in [9.17, 15) is 0 Å². The number of aliphatic imine (C=N–C) groups is 1. The quantitative estimate of drug-likeness (QED) is 0.424. The van der Waals surface area contributed by atoms with Gasteiger partial charge in [0.25, 0.3) is 0 Å². The molecule has 22 heavy (non-hydrogen) atoms. The number of halogens is 1. The lowest BCUT2D eigenvalue weighted by Gasteiger charge is -2.41. The molecule has 5 nitrogen and oxygen atoms in total. The molecule has 0 amide bonds. The van der Waals surface area contributed by atoms with Crippen LogP contribution in [0.3, 0.4) is 0 Å². The van der Waals surface area contributed by atoms with Gasteiger partial charge in [-0.25, -0.2) is 4.98 Å². The third-order valence-electron chi connectivity index (χ3n) is 4.49. The fourth-order valence-corrected chi connectivity index (χ4v) is 2.65. The normalized spacial score (nSPS) is 16.2. The van der Waals surface area contributed by atoms with Gasteiger partial charge < -0.3 is 15.4 Å². The zero-order valence-electron chi connectivity index (χ0n) is 13.7. The molecule has 0 unspecified atom stereocenters. The van der Waals surface area contributed by atoms with Crippen molar-refractivity contribution in [3.8, 4) is 5.88 Å². The van der Waals surface area contributed by atoms with Crippen molar-refractivity contribution in [1.29, 1.82) is 0 Å². The van der Waals surface area contributed by atoms with Gasteiger partial charge in [-0.15, -0.1) is 24.0 Å². The standard InChI is InChI=1S/C16H26N4O.HI/c1-4-16(8-5-9-16)12-20-15(17-2)19-11-13-6-7-14(21-3)18-10-13;/h6-7,10H,4-5,8-9,11-12H2,1-3H3,(H2,17,19,20);1H. The Hall–Kier alpha value is -1.05. The summed E-state index contributed by atoms with van der Waals surface area (Å²) in [7, 11) is 3.43. The summed E-state index contributed by atoms with van der Waals surface area (Å²) in [6.07, 6.45) is 7.07. The summed E-state index contributed by atoms with van der Waals surface area (Å²) < 4.78 is 5.06. The van der Waals surface area contributed by atoms with E-state index in [2.05, 4.69) is 27.5 Å². The number of pyridine rings is 1. The summed E-state index contributed by atoms with van der Waals surface area (Å²) in [5.74, 6) is 1.49. The Morgan fingerprint density at radius 3 is 2.59 bits per heavy atom. The van der Waals surface area contributed by atoms with E-state index in [1.807, 2.05) is 18.3 Å². The lowest BCUT2D eigenvalue weighted by atomic mass is 9.67. The van der Waals surface area contributed by atoms with Crippen LogP contribution >= 0.6 is 24.0 Å². The average Bonchev–Trinajstić information content (AvgIpc) is 2.50. The molecule has 1 aliphatic rings. The second kappa shape index (κ2) is 9.17. The minimum Gasteiger partial charge on any atom is -0.481 e. The van der Waals surface area contributed by atoms with Crippen LogP contribution in [0.25, 0.3) is 0 Å². The van der Waals surface area contributed by atoms with Crippen molar-refractivity contribution < 1.29 is 4.74 Å². The molecule has 1 fully saturated rings. The Morgan fingerprint density at radius 2 is 2.14 bits per heavy atom. The van der Waals surface area contributed by atoms with Crippen molar-refractivity contribution in [1.82, 2.24) is 15.6 Å². The van der Waals surface area contributed by atoms with Crippen molar-refractivity contribution in [3.05, 3.63) is 23.9 Å². The number of methoxy groups -OCH3 is 1. The molecule has 0 spiro atoms. The van der Waals surface area contributed by atoms with Crippen LogP contribution in [0.4, 0.5) is 0 Å². The van der Waals surface area contributed by atoms with Gasteiger partial charge in [0.1, 0.15) is 0 Å². The molecule has 1 aromatic rings. The Bertz CT molecular complexity index is 466. The molecule has 0 saturated heterocycles. The van der Waals surface area contributed by atoms with Crippen LogP contribution in [-0.4, -0.2) is 31.6 Å². The number of aromatic nitrogens is 1. The summed E-state index contributed by atoms with van der Waals surface area (Å²) in [5.41, 5.74) is 1.59. The van der Waals surface area contributed by atoms with E-state index < -0.39 is 0 Å². The topological polar surface area (TPSA) is 58.5 Å². The fourth-order valence-electron chi connectivity index (χ4n) is 2.65. The van der Waals surface area contributed by atoms with E-state index in [4.69, 9.17) is 4.74 Å². The number of rotatable bonds is 6. The van der Waals surface area contributed by atoms with Gasteiger partial charge in [0.2, 0.25) is 5.88 Å². The first kappa shape index (κ1) is 19.0. The maximum atomic E-state index is 5.06. The van der Waals surface area contributed by atoms with E-state index in [0.717, 1.165) is 18.1 Å². The highest BCUT2D eigenvalue weighted by molar-refractivity contribution is 14.0. The van der Waals surface area contributed by atoms with Crippen LogP contribution < -0.4 is 15.4 Å². The summed E-state index contributed by atoms with van der Waals surface area (Å²) in [6.45, 7) is 3.99. The Morgan fingerprint density at radius 1 is 1.36 bits per heavy atom. The highest BCUT2D eigenvalue weighted by Gasteiger charge is 2.34. The maximum Gasteiger partial charge on any atom is 0.212 e.